The van der Waals surface area contributed by atoms with E-state index >= 15 is 0 Å². The highest BCUT2D eigenvalue weighted by Crippen LogP contribution is 2.35. The standard InChI is InChI=1S/C17H12ClN3O5S/c1-26-10-6-9(15(22)12(7-10)21(24)25)8-19-20-17(23)16-14(18)11-4-2-3-5-13(11)27-16/h2-8,22H,1H3,(H,20,23). The minimum Gasteiger partial charge on any atom is -0.502 e. The maximum Gasteiger partial charge on any atom is 0.315 e. The number of hydrogen-bond acceptors (Lipinski definition) is 7. The summed E-state index contributed by atoms with van der Waals surface area (Å²) in [6.07, 6.45) is 1.09. The Morgan fingerprint density at radius 3 is 2.81 bits per heavy atom. The molecule has 2 aromatic carbocycles. The number of carbonyl (C=O) groups excluding carboxylic acids is 1. The number of methoxy groups -OCH3 is 1. The second-order valence-corrected chi connectivity index (χ2v) is 6.71. The lowest BCUT2D eigenvalue weighted by Gasteiger charge is -2.04. The second-order valence-electron chi connectivity index (χ2n) is 5.28. The van der Waals surface area contributed by atoms with Gasteiger partial charge >= 0.3 is 5.69 Å². The molecule has 3 aromatic rings. The molecule has 0 bridgehead atoms. The van der Waals surface area contributed by atoms with E-state index in [0.29, 0.717) is 5.02 Å². The van der Waals surface area contributed by atoms with Gasteiger partial charge in [0, 0.05) is 15.6 Å². The average molecular weight is 406 g/mol. The van der Waals surface area contributed by atoms with Gasteiger partial charge in [-0.3, -0.25) is 14.9 Å². The number of nitrogens with zero attached hydrogens (tertiary/aromatic N) is 2. The van der Waals surface area contributed by atoms with Crippen LogP contribution in [0.1, 0.15) is 15.2 Å². The molecule has 2 N–H and O–H groups in total. The largest absolute Gasteiger partial charge is 0.502 e. The number of hydrazone groups is 1. The van der Waals surface area contributed by atoms with E-state index in [9.17, 15) is 20.0 Å². The summed E-state index contributed by atoms with van der Waals surface area (Å²) in [4.78, 5) is 22.9. The number of thiophene rings is 1. The molecule has 0 spiro atoms. The van der Waals surface area contributed by atoms with Gasteiger partial charge in [0.05, 0.1) is 29.3 Å². The summed E-state index contributed by atoms with van der Waals surface area (Å²) in [6.45, 7) is 0. The molecule has 10 heteroatoms. The van der Waals surface area contributed by atoms with Crippen LogP contribution in [-0.2, 0) is 0 Å². The van der Waals surface area contributed by atoms with Gasteiger partial charge in [-0.25, -0.2) is 5.43 Å². The zero-order valence-electron chi connectivity index (χ0n) is 13.8. The Morgan fingerprint density at radius 1 is 1.41 bits per heavy atom. The van der Waals surface area contributed by atoms with Crippen LogP contribution in [0, 0.1) is 10.1 Å². The SMILES string of the molecule is COc1cc(C=NNC(=O)c2sc3ccccc3c2Cl)c(O)c([N+](=O)[O-])c1. The van der Waals surface area contributed by atoms with Gasteiger partial charge in [-0.05, 0) is 12.1 Å². The maximum atomic E-state index is 12.3. The first kappa shape index (κ1) is 18.6. The first-order valence-electron chi connectivity index (χ1n) is 7.48. The van der Waals surface area contributed by atoms with Crippen LogP contribution in [0.2, 0.25) is 5.02 Å². The van der Waals surface area contributed by atoms with Crippen molar-refractivity contribution < 1.29 is 19.6 Å². The molecule has 0 aliphatic rings. The predicted octanol–water partition coefficient (Wildman–Crippen LogP) is 3.94. The third-order valence-electron chi connectivity index (χ3n) is 3.64. The van der Waals surface area contributed by atoms with Gasteiger partial charge in [-0.1, -0.05) is 29.8 Å². The van der Waals surface area contributed by atoms with Gasteiger partial charge in [0.2, 0.25) is 5.75 Å². The summed E-state index contributed by atoms with van der Waals surface area (Å²) in [5.41, 5.74) is 1.78. The molecule has 0 fully saturated rings. The van der Waals surface area contributed by atoms with E-state index in [4.69, 9.17) is 16.3 Å². The summed E-state index contributed by atoms with van der Waals surface area (Å²) in [6, 6.07) is 9.75. The minimum atomic E-state index is -0.745. The van der Waals surface area contributed by atoms with Gasteiger partial charge in [-0.15, -0.1) is 11.3 Å². The molecule has 0 atom stereocenters. The number of phenolic OH excluding ortho intramolecular Hbond substituents is 1. The van der Waals surface area contributed by atoms with Crippen LogP contribution in [-0.4, -0.2) is 29.3 Å². The Balaban J connectivity index is 1.84. The Bertz CT molecular complexity index is 1080. The number of rotatable bonds is 5. The van der Waals surface area contributed by atoms with E-state index in [1.54, 1.807) is 0 Å². The van der Waals surface area contributed by atoms with Crippen molar-refractivity contribution in [1.82, 2.24) is 5.43 Å². The fourth-order valence-corrected chi connectivity index (χ4v) is 3.75. The quantitative estimate of drug-likeness (QED) is 0.379. The highest BCUT2D eigenvalue weighted by Gasteiger charge is 2.19. The fourth-order valence-electron chi connectivity index (χ4n) is 2.34. The number of ether oxygens (including phenoxy) is 1. The Hall–Kier alpha value is -3.17. The lowest BCUT2D eigenvalue weighted by atomic mass is 10.1. The van der Waals surface area contributed by atoms with E-state index in [0.717, 1.165) is 22.4 Å². The summed E-state index contributed by atoms with van der Waals surface area (Å²) in [5.74, 6) is -0.951. The number of halogens is 1. The van der Waals surface area contributed by atoms with Crippen molar-refractivity contribution in [2.75, 3.05) is 7.11 Å². The summed E-state index contributed by atoms with van der Waals surface area (Å²) >= 11 is 7.45. The van der Waals surface area contributed by atoms with E-state index < -0.39 is 22.3 Å². The van der Waals surface area contributed by atoms with Crippen LogP contribution < -0.4 is 10.2 Å². The number of nitro benzene ring substituents is 1. The van der Waals surface area contributed by atoms with E-state index in [1.165, 1.54) is 24.5 Å². The molecule has 1 heterocycles. The molecule has 138 valence electrons. The number of nitrogens with one attached hydrogen (secondary N) is 1. The molecule has 0 saturated carbocycles. The second kappa shape index (κ2) is 7.60. The van der Waals surface area contributed by atoms with Crippen molar-refractivity contribution >= 4 is 50.8 Å². The molecular weight excluding hydrogens is 394 g/mol. The number of hydrogen-bond donors (Lipinski definition) is 2. The summed E-state index contributed by atoms with van der Waals surface area (Å²) < 4.78 is 5.83. The third-order valence-corrected chi connectivity index (χ3v) is 5.31. The van der Waals surface area contributed by atoms with Crippen LogP contribution in [0.4, 0.5) is 5.69 Å². The highest BCUT2D eigenvalue weighted by atomic mass is 35.5. The van der Waals surface area contributed by atoms with Crippen LogP contribution in [0.25, 0.3) is 10.1 Å². The number of amides is 1. The Labute approximate surface area is 161 Å². The molecule has 1 amide bonds. The van der Waals surface area contributed by atoms with Crippen LogP contribution in [0.5, 0.6) is 11.5 Å². The predicted molar refractivity (Wildman–Crippen MR) is 103 cm³/mol. The lowest BCUT2D eigenvalue weighted by Crippen LogP contribution is -2.16. The maximum absolute atomic E-state index is 12.3. The van der Waals surface area contributed by atoms with Crippen LogP contribution in [0.3, 0.4) is 0 Å². The Morgan fingerprint density at radius 2 is 2.15 bits per heavy atom. The van der Waals surface area contributed by atoms with Crippen LogP contribution >= 0.6 is 22.9 Å². The molecule has 3 rings (SSSR count). The fraction of sp³-hybridized carbons (Fsp3) is 0.0588. The van der Waals surface area contributed by atoms with Crippen molar-refractivity contribution in [3.8, 4) is 11.5 Å². The zero-order valence-corrected chi connectivity index (χ0v) is 15.4. The number of fused-ring (bicyclic) bond motifs is 1. The van der Waals surface area contributed by atoms with E-state index in [-0.39, 0.29) is 16.2 Å². The zero-order chi connectivity index (χ0) is 19.6. The third kappa shape index (κ3) is 3.69. The molecule has 27 heavy (non-hydrogen) atoms. The van der Waals surface area contributed by atoms with Crippen molar-refractivity contribution in [1.29, 1.82) is 0 Å². The number of phenols is 1. The minimum absolute atomic E-state index is 0.0174. The molecule has 1 aromatic heterocycles. The molecule has 0 radical (unpaired) electrons. The monoisotopic (exact) mass is 405 g/mol. The smallest absolute Gasteiger partial charge is 0.315 e. The summed E-state index contributed by atoms with van der Waals surface area (Å²) in [5, 5.41) is 25.8. The van der Waals surface area contributed by atoms with Crippen LogP contribution in [0.15, 0.2) is 41.5 Å². The first-order valence-corrected chi connectivity index (χ1v) is 8.67. The molecule has 0 saturated heterocycles. The van der Waals surface area contributed by atoms with E-state index in [1.807, 2.05) is 24.3 Å². The Kier molecular flexibility index (Phi) is 5.24. The molecule has 0 unspecified atom stereocenters. The molecule has 0 aliphatic carbocycles. The van der Waals surface area contributed by atoms with Gasteiger partial charge < -0.3 is 9.84 Å². The van der Waals surface area contributed by atoms with Gasteiger partial charge in [0.1, 0.15) is 10.6 Å². The lowest BCUT2D eigenvalue weighted by molar-refractivity contribution is -0.385. The van der Waals surface area contributed by atoms with Gasteiger partial charge in [0.15, 0.2) is 0 Å². The number of benzene rings is 2. The highest BCUT2D eigenvalue weighted by molar-refractivity contribution is 7.21. The normalized spacial score (nSPS) is 11.0. The van der Waals surface area contributed by atoms with Crippen molar-refractivity contribution in [3.05, 3.63) is 62.0 Å². The summed E-state index contributed by atoms with van der Waals surface area (Å²) in [7, 11) is 1.34. The molecule has 0 aliphatic heterocycles. The number of aromatic hydroxyl groups is 1. The topological polar surface area (TPSA) is 114 Å². The van der Waals surface area contributed by atoms with Crippen molar-refractivity contribution in [2.24, 2.45) is 5.10 Å². The number of carbonyl (C=O) groups is 1. The van der Waals surface area contributed by atoms with Crippen molar-refractivity contribution in [3.63, 3.8) is 0 Å². The molecule has 8 nitrogen and oxygen atoms in total. The number of nitro groups is 1. The van der Waals surface area contributed by atoms with Gasteiger partial charge in [-0.2, -0.15) is 5.10 Å². The van der Waals surface area contributed by atoms with E-state index in [2.05, 4.69) is 10.5 Å². The first-order chi connectivity index (χ1) is 12.9. The van der Waals surface area contributed by atoms with Gasteiger partial charge in [0.25, 0.3) is 5.91 Å². The van der Waals surface area contributed by atoms with Crippen molar-refractivity contribution in [2.45, 2.75) is 0 Å². The molecular formula is C17H12ClN3O5S. The average Bonchev–Trinajstić information content (AvgIpc) is 3.00.